The van der Waals surface area contributed by atoms with Crippen LogP contribution in [0, 0.1) is 6.92 Å². The van der Waals surface area contributed by atoms with E-state index in [0.717, 1.165) is 43.0 Å². The van der Waals surface area contributed by atoms with E-state index in [1.807, 2.05) is 18.2 Å². The average molecular weight is 406 g/mol. The maximum atomic E-state index is 12.4. The van der Waals surface area contributed by atoms with E-state index in [-0.39, 0.29) is 11.7 Å². The number of nitrogens with zero attached hydrogens (tertiary/aromatic N) is 1. The third-order valence-electron chi connectivity index (χ3n) is 5.29. The number of alkyl halides is 3. The molecule has 1 fully saturated rings. The number of halogens is 3. The van der Waals surface area contributed by atoms with Crippen molar-refractivity contribution in [3.05, 3.63) is 58.7 Å². The van der Waals surface area contributed by atoms with Crippen LogP contribution in [0.1, 0.15) is 33.2 Å². The molecule has 2 aromatic carbocycles. The van der Waals surface area contributed by atoms with Gasteiger partial charge in [-0.3, -0.25) is 0 Å². The highest BCUT2D eigenvalue weighted by atomic mass is 19.4. The molecule has 1 atom stereocenters. The van der Waals surface area contributed by atoms with E-state index in [0.29, 0.717) is 17.5 Å². The summed E-state index contributed by atoms with van der Waals surface area (Å²) in [4.78, 5) is 14.6. The first-order valence-electron chi connectivity index (χ1n) is 9.46. The van der Waals surface area contributed by atoms with Gasteiger partial charge in [-0.25, -0.2) is 4.79 Å². The van der Waals surface area contributed by atoms with Gasteiger partial charge in [-0.15, -0.1) is 13.2 Å². The number of cyclic esters (lactones) is 1. The van der Waals surface area contributed by atoms with Crippen molar-refractivity contribution in [2.45, 2.75) is 25.8 Å². The molecule has 2 aromatic rings. The molecule has 0 spiro atoms. The molecule has 1 saturated heterocycles. The highest BCUT2D eigenvalue weighted by Crippen LogP contribution is 2.36. The number of rotatable bonds is 4. The zero-order chi connectivity index (χ0) is 20.6. The Labute approximate surface area is 166 Å². The van der Waals surface area contributed by atoms with E-state index in [9.17, 15) is 18.0 Å². The van der Waals surface area contributed by atoms with Gasteiger partial charge >= 0.3 is 12.3 Å². The normalized spacial score (nSPS) is 19.1. The molecule has 0 radical (unpaired) electrons. The Kier molecular flexibility index (Phi) is 5.12. The van der Waals surface area contributed by atoms with Crippen molar-refractivity contribution in [2.75, 3.05) is 31.1 Å². The molecule has 0 aliphatic carbocycles. The summed E-state index contributed by atoms with van der Waals surface area (Å²) in [5.41, 5.74) is 3.81. The summed E-state index contributed by atoms with van der Waals surface area (Å²) in [6, 6.07) is 9.98. The predicted octanol–water partition coefficient (Wildman–Crippen LogP) is 3.76. The second kappa shape index (κ2) is 7.59. The van der Waals surface area contributed by atoms with E-state index in [1.165, 1.54) is 12.1 Å². The van der Waals surface area contributed by atoms with Crippen molar-refractivity contribution in [3.63, 3.8) is 0 Å². The van der Waals surface area contributed by atoms with Gasteiger partial charge in [0.05, 0.1) is 5.56 Å². The second-order valence-corrected chi connectivity index (χ2v) is 7.24. The van der Waals surface area contributed by atoms with Gasteiger partial charge in [-0.05, 0) is 42.3 Å². The van der Waals surface area contributed by atoms with Crippen LogP contribution >= 0.6 is 0 Å². The lowest BCUT2D eigenvalue weighted by Gasteiger charge is -2.29. The molecule has 8 heteroatoms. The number of carbonyl (C=O) groups is 1. The van der Waals surface area contributed by atoms with Crippen LogP contribution in [-0.2, 0) is 11.2 Å². The number of fused-ring (bicyclic) bond motifs is 1. The van der Waals surface area contributed by atoms with Gasteiger partial charge in [0.25, 0.3) is 0 Å². The number of piperazine rings is 1. The number of anilines is 1. The molecule has 4 rings (SSSR count). The molecule has 154 valence electrons. The number of hydrogen-bond acceptors (Lipinski definition) is 5. The minimum Gasteiger partial charge on any atom is -0.454 e. The second-order valence-electron chi connectivity index (χ2n) is 7.24. The van der Waals surface area contributed by atoms with Crippen LogP contribution in [0.2, 0.25) is 0 Å². The largest absolute Gasteiger partial charge is 0.573 e. The Morgan fingerprint density at radius 1 is 1.17 bits per heavy atom. The van der Waals surface area contributed by atoms with Crippen molar-refractivity contribution in [2.24, 2.45) is 0 Å². The lowest BCUT2D eigenvalue weighted by molar-refractivity contribution is -0.274. The van der Waals surface area contributed by atoms with Crippen molar-refractivity contribution in [1.82, 2.24) is 5.32 Å². The SMILES string of the molecule is Cc1cc(OC(F)(F)F)ccc1CC1OC(=O)c2cc(N3CCNCC3)ccc21. The first-order valence-corrected chi connectivity index (χ1v) is 9.46. The zero-order valence-corrected chi connectivity index (χ0v) is 15.9. The first-order chi connectivity index (χ1) is 13.8. The lowest BCUT2D eigenvalue weighted by atomic mass is 9.96. The topological polar surface area (TPSA) is 50.8 Å². The number of ether oxygens (including phenoxy) is 2. The monoisotopic (exact) mass is 406 g/mol. The number of benzene rings is 2. The molecule has 2 heterocycles. The molecule has 29 heavy (non-hydrogen) atoms. The average Bonchev–Trinajstić information content (AvgIpc) is 2.98. The molecule has 2 aliphatic heterocycles. The van der Waals surface area contributed by atoms with E-state index < -0.39 is 12.5 Å². The maximum absolute atomic E-state index is 12.4. The number of hydrogen-bond donors (Lipinski definition) is 1. The highest BCUT2D eigenvalue weighted by molar-refractivity contribution is 5.95. The number of nitrogens with one attached hydrogen (secondary N) is 1. The molecule has 1 unspecified atom stereocenters. The van der Waals surface area contributed by atoms with Crippen LogP contribution in [0.5, 0.6) is 5.75 Å². The summed E-state index contributed by atoms with van der Waals surface area (Å²) >= 11 is 0. The summed E-state index contributed by atoms with van der Waals surface area (Å²) in [5.74, 6) is -0.625. The summed E-state index contributed by atoms with van der Waals surface area (Å²) in [6.45, 7) is 5.27. The summed E-state index contributed by atoms with van der Waals surface area (Å²) in [7, 11) is 0. The van der Waals surface area contributed by atoms with Gasteiger partial charge < -0.3 is 19.7 Å². The smallest absolute Gasteiger partial charge is 0.454 e. The number of carbonyl (C=O) groups excluding carboxylic acids is 1. The maximum Gasteiger partial charge on any atom is 0.573 e. The third kappa shape index (κ3) is 4.32. The fraction of sp³-hybridized carbons (Fsp3) is 0.381. The van der Waals surface area contributed by atoms with Crippen LogP contribution in [0.3, 0.4) is 0 Å². The summed E-state index contributed by atoms with van der Waals surface area (Å²) in [5, 5.41) is 3.30. The zero-order valence-electron chi connectivity index (χ0n) is 15.9. The Hall–Kier alpha value is -2.74. The molecule has 0 saturated carbocycles. The summed E-state index contributed by atoms with van der Waals surface area (Å²) < 4.78 is 46.7. The lowest BCUT2D eigenvalue weighted by Crippen LogP contribution is -2.43. The van der Waals surface area contributed by atoms with E-state index in [2.05, 4.69) is 15.0 Å². The van der Waals surface area contributed by atoms with Gasteiger partial charge in [0, 0.05) is 43.9 Å². The van der Waals surface area contributed by atoms with Crippen LogP contribution < -0.4 is 15.0 Å². The van der Waals surface area contributed by atoms with Gasteiger partial charge in [-0.2, -0.15) is 0 Å². The van der Waals surface area contributed by atoms with Gasteiger partial charge in [-0.1, -0.05) is 12.1 Å². The minimum absolute atomic E-state index is 0.261. The Balaban J connectivity index is 1.52. The number of esters is 1. The van der Waals surface area contributed by atoms with Crippen LogP contribution in [0.4, 0.5) is 18.9 Å². The van der Waals surface area contributed by atoms with Crippen molar-refractivity contribution in [3.8, 4) is 5.75 Å². The highest BCUT2D eigenvalue weighted by Gasteiger charge is 2.33. The standard InChI is InChI=1S/C21H21F3N2O3/c1-13-10-16(29-21(22,23)24)4-2-14(13)11-19-17-5-3-15(12-18(17)20(27)28-19)26-8-6-25-7-9-26/h2-5,10,12,19,25H,6-9,11H2,1H3. The van der Waals surface area contributed by atoms with Crippen molar-refractivity contribution < 1.29 is 27.4 Å². The summed E-state index contributed by atoms with van der Waals surface area (Å²) in [6.07, 6.45) is -4.79. The molecule has 2 aliphatic rings. The fourth-order valence-electron chi connectivity index (χ4n) is 3.82. The van der Waals surface area contributed by atoms with Crippen LogP contribution in [0.25, 0.3) is 0 Å². The molecule has 1 N–H and O–H groups in total. The van der Waals surface area contributed by atoms with E-state index >= 15 is 0 Å². The molecular formula is C21H21F3N2O3. The Morgan fingerprint density at radius 3 is 2.62 bits per heavy atom. The van der Waals surface area contributed by atoms with Crippen LogP contribution in [0.15, 0.2) is 36.4 Å². The number of aryl methyl sites for hydroxylation is 1. The van der Waals surface area contributed by atoms with Crippen molar-refractivity contribution in [1.29, 1.82) is 0 Å². The molecule has 0 amide bonds. The molecular weight excluding hydrogens is 385 g/mol. The van der Waals surface area contributed by atoms with Gasteiger partial charge in [0.1, 0.15) is 11.9 Å². The minimum atomic E-state index is -4.73. The van der Waals surface area contributed by atoms with Gasteiger partial charge in [0.2, 0.25) is 0 Å². The fourth-order valence-corrected chi connectivity index (χ4v) is 3.82. The quantitative estimate of drug-likeness (QED) is 0.784. The molecule has 0 aromatic heterocycles. The first kappa shape index (κ1) is 19.6. The van der Waals surface area contributed by atoms with Crippen LogP contribution in [-0.4, -0.2) is 38.5 Å². The van der Waals surface area contributed by atoms with Gasteiger partial charge in [0.15, 0.2) is 0 Å². The third-order valence-corrected chi connectivity index (χ3v) is 5.29. The predicted molar refractivity (Wildman–Crippen MR) is 101 cm³/mol. The van der Waals surface area contributed by atoms with E-state index in [4.69, 9.17) is 4.74 Å². The molecule has 0 bridgehead atoms. The van der Waals surface area contributed by atoms with Crippen molar-refractivity contribution >= 4 is 11.7 Å². The van der Waals surface area contributed by atoms with E-state index in [1.54, 1.807) is 13.0 Å². The molecule has 5 nitrogen and oxygen atoms in total. The Morgan fingerprint density at radius 2 is 1.93 bits per heavy atom. The Bertz CT molecular complexity index is 924.